The maximum atomic E-state index is 11.2. The van der Waals surface area contributed by atoms with Crippen LogP contribution in [0.4, 0.5) is 23.8 Å². The lowest BCUT2D eigenvalue weighted by molar-refractivity contribution is -0.192. The zero-order valence-corrected chi connectivity index (χ0v) is 12.2. The molecule has 0 unspecified atom stereocenters. The summed E-state index contributed by atoms with van der Waals surface area (Å²) >= 11 is 0. The molecule has 2 amide bonds. The number of halogens is 3. The predicted molar refractivity (Wildman–Crippen MR) is 79.6 cm³/mol. The number of rotatable bonds is 0. The van der Waals surface area contributed by atoms with Crippen LogP contribution >= 0.6 is 0 Å². The van der Waals surface area contributed by atoms with E-state index in [-0.39, 0.29) is 0 Å². The number of pyridine rings is 1. The van der Waals surface area contributed by atoms with Crippen LogP contribution < -0.4 is 10.6 Å². The molecular formula is C15H7F3N4O3. The van der Waals surface area contributed by atoms with Crippen molar-refractivity contribution < 1.29 is 27.9 Å². The Morgan fingerprint density at radius 1 is 1.16 bits per heavy atom. The number of carbonyl (C=O) groups excluding carboxylic acids is 1. The fourth-order valence-electron chi connectivity index (χ4n) is 2.21. The molecule has 7 nitrogen and oxygen atoms in total. The highest BCUT2D eigenvalue weighted by atomic mass is 19.4. The van der Waals surface area contributed by atoms with E-state index in [1.807, 2.05) is 30.4 Å². The minimum Gasteiger partial charge on any atom is -0.475 e. The molecule has 1 N–H and O–H groups in total. The Labute approximate surface area is 136 Å². The van der Waals surface area contributed by atoms with Crippen LogP contribution in [-0.2, 0) is 4.79 Å². The van der Waals surface area contributed by atoms with Gasteiger partial charge in [0.2, 0.25) is 5.82 Å². The lowest BCUT2D eigenvalue weighted by Gasteiger charge is -2.03. The number of carboxylic acid groups (broad SMARTS) is 1. The van der Waals surface area contributed by atoms with Crippen molar-refractivity contribution in [3.63, 3.8) is 0 Å². The monoisotopic (exact) mass is 348 g/mol. The van der Waals surface area contributed by atoms with Gasteiger partial charge in [-0.05, 0) is 22.9 Å². The topological polar surface area (TPSA) is 104 Å². The first-order valence-electron chi connectivity index (χ1n) is 6.71. The molecule has 0 bridgehead atoms. The molecule has 0 atom stereocenters. The lowest BCUT2D eigenvalue weighted by atomic mass is 10.1. The molecule has 1 aromatic carbocycles. The summed E-state index contributed by atoms with van der Waals surface area (Å²) in [7, 11) is 0. The van der Waals surface area contributed by atoms with E-state index in [2.05, 4.69) is 20.2 Å². The Bertz CT molecular complexity index is 1090. The fraction of sp³-hybridized carbons (Fsp3) is 0.0667. The number of allylic oxidation sites excluding steroid dienone is 1. The van der Waals surface area contributed by atoms with Gasteiger partial charge in [-0.25, -0.2) is 14.6 Å². The summed E-state index contributed by atoms with van der Waals surface area (Å²) in [5, 5.41) is 17.7. The van der Waals surface area contributed by atoms with Crippen LogP contribution in [0.5, 0.6) is 0 Å². The Morgan fingerprint density at radius 3 is 2.56 bits per heavy atom. The number of carboxylic acids is 1. The number of azo groups is 1. The molecule has 1 aliphatic heterocycles. The number of benzene rings is 1. The van der Waals surface area contributed by atoms with Gasteiger partial charge in [0.15, 0.2) is 0 Å². The molecule has 10 heteroatoms. The number of fused-ring (bicyclic) bond motifs is 4. The van der Waals surface area contributed by atoms with Gasteiger partial charge in [-0.3, -0.25) is 0 Å². The van der Waals surface area contributed by atoms with E-state index < -0.39 is 18.2 Å². The maximum absolute atomic E-state index is 11.2. The number of carbonyl (C=O) groups is 2. The van der Waals surface area contributed by atoms with Crippen molar-refractivity contribution in [2.24, 2.45) is 15.2 Å². The van der Waals surface area contributed by atoms with Crippen LogP contribution in [0.15, 0.2) is 39.6 Å². The summed E-state index contributed by atoms with van der Waals surface area (Å²) in [5.74, 6) is -2.36. The van der Waals surface area contributed by atoms with Crippen LogP contribution in [0, 0.1) is 0 Å². The Morgan fingerprint density at radius 2 is 1.88 bits per heavy atom. The third-order valence-corrected chi connectivity index (χ3v) is 3.28. The second kappa shape index (κ2) is 5.89. The van der Waals surface area contributed by atoms with E-state index in [1.165, 1.54) is 0 Å². The van der Waals surface area contributed by atoms with Crippen LogP contribution in [0.1, 0.15) is 5.56 Å². The van der Waals surface area contributed by atoms with Gasteiger partial charge < -0.3 is 5.11 Å². The van der Waals surface area contributed by atoms with Gasteiger partial charge in [-0.2, -0.15) is 18.2 Å². The van der Waals surface area contributed by atoms with Crippen molar-refractivity contribution in [3.05, 3.63) is 40.5 Å². The number of nitrogens with zero attached hydrogens (tertiary/aromatic N) is 4. The molecule has 0 saturated heterocycles. The summed E-state index contributed by atoms with van der Waals surface area (Å²) in [6.45, 7) is 0. The summed E-state index contributed by atoms with van der Waals surface area (Å²) < 4.78 is 31.7. The summed E-state index contributed by atoms with van der Waals surface area (Å²) in [4.78, 5) is 28.2. The number of hydrogen-bond acceptors (Lipinski definition) is 4. The quantitative estimate of drug-likeness (QED) is 0.790. The maximum Gasteiger partial charge on any atom is 0.490 e. The second-order valence-electron chi connectivity index (χ2n) is 4.92. The molecular weight excluding hydrogens is 341 g/mol. The number of alkyl halides is 3. The molecule has 126 valence electrons. The number of hydrogen-bond donors (Lipinski definition) is 1. The van der Waals surface area contributed by atoms with Gasteiger partial charge in [0.25, 0.3) is 0 Å². The largest absolute Gasteiger partial charge is 0.490 e. The zero-order chi connectivity index (χ0) is 18.2. The van der Waals surface area contributed by atoms with Crippen molar-refractivity contribution in [2.75, 3.05) is 0 Å². The van der Waals surface area contributed by atoms with Gasteiger partial charge in [0.05, 0.1) is 0 Å². The van der Waals surface area contributed by atoms with Crippen LogP contribution in [-0.4, -0.2) is 28.3 Å². The highest BCUT2D eigenvalue weighted by molar-refractivity contribution is 5.89. The number of aliphatic carboxylic acids is 1. The van der Waals surface area contributed by atoms with Crippen LogP contribution in [0.2, 0.25) is 0 Å². The first-order valence-corrected chi connectivity index (χ1v) is 6.71. The van der Waals surface area contributed by atoms with Crippen molar-refractivity contribution in [1.82, 2.24) is 4.98 Å². The lowest BCUT2D eigenvalue weighted by Crippen LogP contribution is -2.21. The smallest absolute Gasteiger partial charge is 0.475 e. The predicted octanol–water partition coefficient (Wildman–Crippen LogP) is 2.51. The van der Waals surface area contributed by atoms with Gasteiger partial charge >= 0.3 is 18.2 Å². The van der Waals surface area contributed by atoms with Crippen molar-refractivity contribution in [3.8, 4) is 0 Å². The van der Waals surface area contributed by atoms with E-state index in [0.29, 0.717) is 11.2 Å². The molecule has 1 aliphatic carbocycles. The fourth-order valence-corrected chi connectivity index (χ4v) is 2.21. The number of urea groups is 1. The third-order valence-electron chi connectivity index (χ3n) is 3.28. The van der Waals surface area contributed by atoms with E-state index >= 15 is 0 Å². The standard InChI is InChI=1S/C13H6N4O.C2HF3O2/c18-13-15-11-10-5-8-3-1-2-7(8)4-9(10)6-14-12(11)16-17-13;3-2(4,5)1(6)7/h1-6H;(H,6,7). The molecule has 2 aliphatic rings. The minimum absolute atomic E-state index is 0.396. The van der Waals surface area contributed by atoms with Gasteiger partial charge in [0.1, 0.15) is 5.36 Å². The highest BCUT2D eigenvalue weighted by Gasteiger charge is 2.38. The molecule has 4 rings (SSSR count). The molecule has 2 heterocycles. The van der Waals surface area contributed by atoms with Crippen LogP contribution in [0.3, 0.4) is 0 Å². The summed E-state index contributed by atoms with van der Waals surface area (Å²) in [6.07, 6.45) is 2.69. The van der Waals surface area contributed by atoms with Crippen molar-refractivity contribution in [1.29, 1.82) is 0 Å². The highest BCUT2D eigenvalue weighted by Crippen LogP contribution is 2.17. The van der Waals surface area contributed by atoms with E-state index in [0.717, 1.165) is 21.6 Å². The van der Waals surface area contributed by atoms with Gasteiger partial charge in [0, 0.05) is 17.0 Å². The second-order valence-corrected chi connectivity index (χ2v) is 4.92. The molecule has 2 aromatic rings. The molecule has 0 radical (unpaired) electrons. The summed E-state index contributed by atoms with van der Waals surface area (Å²) in [5.41, 5.74) is 1.15. The number of amides is 2. The van der Waals surface area contributed by atoms with Crippen LogP contribution in [0.25, 0.3) is 22.9 Å². The summed E-state index contributed by atoms with van der Waals surface area (Å²) in [6, 6.07) is 3.45. The van der Waals surface area contributed by atoms with Gasteiger partial charge in [-0.15, -0.1) is 5.11 Å². The van der Waals surface area contributed by atoms with E-state index in [1.54, 1.807) is 6.20 Å². The van der Waals surface area contributed by atoms with E-state index in [9.17, 15) is 18.0 Å². The average molecular weight is 348 g/mol. The molecule has 0 spiro atoms. The van der Waals surface area contributed by atoms with Crippen molar-refractivity contribution >= 4 is 40.7 Å². The van der Waals surface area contributed by atoms with E-state index in [4.69, 9.17) is 9.90 Å². The van der Waals surface area contributed by atoms with Gasteiger partial charge in [-0.1, -0.05) is 23.3 Å². The molecule has 1 aromatic heterocycles. The first kappa shape index (κ1) is 16.4. The first-order chi connectivity index (χ1) is 11.8. The molecule has 0 fully saturated rings. The SMILES string of the molecule is O=C(O)C(F)(F)F.O=C1N=Nc2ncc3cc4c(cc3c2=N1)=CC=C4. The minimum atomic E-state index is -5.08. The molecule has 25 heavy (non-hydrogen) atoms. The zero-order valence-electron chi connectivity index (χ0n) is 12.2. The number of aromatic nitrogens is 1. The average Bonchev–Trinajstić information content (AvgIpc) is 2.99. The Balaban J connectivity index is 0.000000225. The normalized spacial score (nSPS) is 14.1. The third kappa shape index (κ3) is 3.27. The molecule has 0 saturated carbocycles. The van der Waals surface area contributed by atoms with Crippen molar-refractivity contribution in [2.45, 2.75) is 6.18 Å². The Kier molecular flexibility index (Phi) is 3.87. The Hall–Kier alpha value is -3.43.